The van der Waals surface area contributed by atoms with Gasteiger partial charge in [-0.3, -0.25) is 4.55 Å². The maximum absolute atomic E-state index is 10.4. The molecule has 0 aromatic rings. The predicted molar refractivity (Wildman–Crippen MR) is 77.5 cm³/mol. The van der Waals surface area contributed by atoms with E-state index in [4.69, 9.17) is 9.81 Å². The second kappa shape index (κ2) is 17.4. The molecule has 0 heterocycles. The molecule has 0 fully saturated rings. The van der Waals surface area contributed by atoms with Gasteiger partial charge >= 0.3 is 29.6 Å². The summed E-state index contributed by atoms with van der Waals surface area (Å²) in [6.07, 6.45) is 8.85. The zero-order valence-electron chi connectivity index (χ0n) is 11.0. The van der Waals surface area contributed by atoms with E-state index in [1.54, 1.807) is 6.07 Å². The molecule has 0 atom stereocenters. The molecule has 104 valence electrons. The maximum atomic E-state index is 10.4. The van der Waals surface area contributed by atoms with Gasteiger partial charge in [0.15, 0.2) is 0 Å². The summed E-state index contributed by atoms with van der Waals surface area (Å²) in [6, 6.07) is 1.75. The second-order valence-electron chi connectivity index (χ2n) is 3.98. The van der Waals surface area contributed by atoms with Crippen LogP contribution in [0.5, 0.6) is 0 Å². The van der Waals surface area contributed by atoms with Crippen LogP contribution in [0.15, 0.2) is 0 Å². The Labute approximate surface area is 134 Å². The SMILES string of the molecule is CC#N.CCCCCCCCCCS(=O)(=O)O.[NaH]. The van der Waals surface area contributed by atoms with Crippen LogP contribution in [0.4, 0.5) is 0 Å². The molecule has 0 rings (SSSR count). The number of hydrogen-bond donors (Lipinski definition) is 1. The standard InChI is InChI=1S/C10H22O3S.C2H3N.Na.H/c1-2-3-4-5-6-7-8-9-10-14(11,12)13;1-2-3;;/h2-10H2,1H3,(H,11,12,13);1H3;;. The number of nitriles is 1. The second-order valence-corrected chi connectivity index (χ2v) is 5.56. The van der Waals surface area contributed by atoms with E-state index in [-0.39, 0.29) is 35.3 Å². The summed E-state index contributed by atoms with van der Waals surface area (Å²) in [7, 11) is -3.73. The summed E-state index contributed by atoms with van der Waals surface area (Å²) in [5.74, 6) is -0.0814. The fraction of sp³-hybridized carbons (Fsp3) is 0.917. The van der Waals surface area contributed by atoms with Crippen LogP contribution < -0.4 is 0 Å². The van der Waals surface area contributed by atoms with Crippen molar-refractivity contribution in [2.75, 3.05) is 5.75 Å². The minimum absolute atomic E-state index is 0. The van der Waals surface area contributed by atoms with Crippen LogP contribution >= 0.6 is 0 Å². The Bertz CT molecular complexity index is 286. The fourth-order valence-electron chi connectivity index (χ4n) is 1.42. The Balaban J connectivity index is -0.000000507. The molecule has 0 aliphatic heterocycles. The molecule has 0 aromatic carbocycles. The Morgan fingerprint density at radius 3 is 1.67 bits per heavy atom. The van der Waals surface area contributed by atoms with Gasteiger partial charge in [-0.25, -0.2) is 0 Å². The van der Waals surface area contributed by atoms with E-state index in [0.29, 0.717) is 6.42 Å². The van der Waals surface area contributed by atoms with Crippen LogP contribution in [0.2, 0.25) is 0 Å². The van der Waals surface area contributed by atoms with E-state index in [1.165, 1.54) is 39.0 Å². The van der Waals surface area contributed by atoms with Crippen LogP contribution in [0.1, 0.15) is 65.2 Å². The van der Waals surface area contributed by atoms with Crippen molar-refractivity contribution < 1.29 is 13.0 Å². The Kier molecular flexibility index (Phi) is 22.7. The molecule has 1 N–H and O–H groups in total. The molecular weight excluding hydrogens is 261 g/mol. The molecular formula is C12H26NNaO3S. The van der Waals surface area contributed by atoms with Crippen molar-refractivity contribution in [3.05, 3.63) is 0 Å². The van der Waals surface area contributed by atoms with Crippen LogP contribution in [0, 0.1) is 11.3 Å². The molecule has 0 saturated heterocycles. The van der Waals surface area contributed by atoms with Crippen molar-refractivity contribution in [2.24, 2.45) is 0 Å². The Hall–Kier alpha value is 0.400. The van der Waals surface area contributed by atoms with E-state index in [9.17, 15) is 8.42 Å². The molecule has 6 heteroatoms. The van der Waals surface area contributed by atoms with Crippen molar-refractivity contribution in [1.82, 2.24) is 0 Å². The van der Waals surface area contributed by atoms with Gasteiger partial charge < -0.3 is 0 Å². The van der Waals surface area contributed by atoms with Crippen molar-refractivity contribution in [3.63, 3.8) is 0 Å². The first-order valence-electron chi connectivity index (χ1n) is 6.24. The van der Waals surface area contributed by atoms with Crippen molar-refractivity contribution in [3.8, 4) is 6.07 Å². The molecule has 0 amide bonds. The predicted octanol–water partition coefficient (Wildman–Crippen LogP) is 2.90. The minimum atomic E-state index is -3.73. The summed E-state index contributed by atoms with van der Waals surface area (Å²) < 4.78 is 29.2. The number of nitrogens with zero attached hydrogens (tertiary/aromatic N) is 1. The quantitative estimate of drug-likeness (QED) is 0.402. The molecule has 0 aromatic heterocycles. The van der Waals surface area contributed by atoms with Gasteiger partial charge in [0.25, 0.3) is 10.1 Å². The van der Waals surface area contributed by atoms with Gasteiger partial charge in [0, 0.05) is 6.92 Å². The fourth-order valence-corrected chi connectivity index (χ4v) is 1.99. The van der Waals surface area contributed by atoms with Gasteiger partial charge in [-0.2, -0.15) is 13.7 Å². The zero-order chi connectivity index (χ0) is 13.6. The van der Waals surface area contributed by atoms with Gasteiger partial charge in [-0.15, -0.1) is 0 Å². The Morgan fingerprint density at radius 2 is 1.33 bits per heavy atom. The third kappa shape index (κ3) is 29.9. The molecule has 0 saturated carbocycles. The van der Waals surface area contributed by atoms with Crippen molar-refractivity contribution in [1.29, 1.82) is 5.26 Å². The van der Waals surface area contributed by atoms with Crippen LogP contribution in [0.3, 0.4) is 0 Å². The van der Waals surface area contributed by atoms with E-state index < -0.39 is 10.1 Å². The zero-order valence-corrected chi connectivity index (χ0v) is 11.8. The van der Waals surface area contributed by atoms with E-state index >= 15 is 0 Å². The molecule has 0 bridgehead atoms. The molecule has 18 heavy (non-hydrogen) atoms. The van der Waals surface area contributed by atoms with Crippen molar-refractivity contribution in [2.45, 2.75) is 65.2 Å². The molecule has 0 unspecified atom stereocenters. The molecule has 0 radical (unpaired) electrons. The first-order valence-corrected chi connectivity index (χ1v) is 7.84. The normalized spacial score (nSPS) is 9.67. The van der Waals surface area contributed by atoms with Gasteiger partial charge in [-0.05, 0) is 6.42 Å². The van der Waals surface area contributed by atoms with Gasteiger partial charge in [-0.1, -0.05) is 51.9 Å². The molecule has 4 nitrogen and oxygen atoms in total. The first-order chi connectivity index (χ1) is 7.97. The van der Waals surface area contributed by atoms with Crippen LogP contribution in [-0.4, -0.2) is 48.3 Å². The van der Waals surface area contributed by atoms with Gasteiger partial charge in [0.2, 0.25) is 0 Å². The average Bonchev–Trinajstić information content (AvgIpc) is 2.22. The third-order valence-corrected chi connectivity index (χ3v) is 3.06. The first kappa shape index (κ1) is 23.5. The number of unbranched alkanes of at least 4 members (excludes halogenated alkanes) is 7. The average molecular weight is 287 g/mol. The van der Waals surface area contributed by atoms with Gasteiger partial charge in [0.1, 0.15) is 0 Å². The van der Waals surface area contributed by atoms with Crippen molar-refractivity contribution >= 4 is 39.7 Å². The number of rotatable bonds is 9. The molecule has 0 spiro atoms. The Morgan fingerprint density at radius 1 is 1.00 bits per heavy atom. The molecule has 0 aliphatic carbocycles. The monoisotopic (exact) mass is 287 g/mol. The summed E-state index contributed by atoms with van der Waals surface area (Å²) in [6.45, 7) is 3.62. The molecule has 0 aliphatic rings. The third-order valence-electron chi connectivity index (χ3n) is 2.26. The van der Waals surface area contributed by atoms with E-state index in [2.05, 4.69) is 6.92 Å². The summed E-state index contributed by atoms with van der Waals surface area (Å²) in [5.41, 5.74) is 0. The summed E-state index contributed by atoms with van der Waals surface area (Å²) >= 11 is 0. The summed E-state index contributed by atoms with van der Waals surface area (Å²) in [5, 5.41) is 7.32. The number of hydrogen-bond acceptors (Lipinski definition) is 3. The topological polar surface area (TPSA) is 78.2 Å². The van der Waals surface area contributed by atoms with E-state index in [1.807, 2.05) is 0 Å². The summed E-state index contributed by atoms with van der Waals surface area (Å²) in [4.78, 5) is 0. The van der Waals surface area contributed by atoms with E-state index in [0.717, 1.165) is 12.8 Å². The van der Waals surface area contributed by atoms with Crippen LogP contribution in [-0.2, 0) is 10.1 Å². The van der Waals surface area contributed by atoms with Gasteiger partial charge in [0.05, 0.1) is 11.8 Å². The van der Waals surface area contributed by atoms with Crippen LogP contribution in [0.25, 0.3) is 0 Å².